The number of fused-ring (bicyclic) bond motifs is 1. The van der Waals surface area contributed by atoms with Crippen LogP contribution in [0.3, 0.4) is 0 Å². The molecule has 2 amide bonds. The molecule has 8 heteroatoms. The van der Waals surface area contributed by atoms with Crippen molar-refractivity contribution in [3.63, 3.8) is 0 Å². The monoisotopic (exact) mass is 567 g/mol. The van der Waals surface area contributed by atoms with Crippen molar-refractivity contribution in [2.75, 3.05) is 18.8 Å². The van der Waals surface area contributed by atoms with Gasteiger partial charge in [-0.15, -0.1) is 11.8 Å². The van der Waals surface area contributed by atoms with E-state index in [0.717, 1.165) is 30.7 Å². The summed E-state index contributed by atoms with van der Waals surface area (Å²) in [5.74, 6) is 1.27. The minimum Gasteiger partial charge on any atom is -0.508 e. The number of aromatic hydroxyl groups is 1. The number of benzene rings is 2. The molecule has 0 spiro atoms. The zero-order chi connectivity index (χ0) is 28.9. The maximum atomic E-state index is 13.5. The van der Waals surface area contributed by atoms with Crippen molar-refractivity contribution in [1.29, 1.82) is 0 Å². The highest BCUT2D eigenvalue weighted by molar-refractivity contribution is 7.99. The van der Waals surface area contributed by atoms with Crippen LogP contribution in [0.4, 0.5) is 0 Å². The Balaban J connectivity index is 1.54. The largest absolute Gasteiger partial charge is 0.508 e. The number of aliphatic hydroxyl groups excluding tert-OH is 1. The highest BCUT2D eigenvalue weighted by Crippen LogP contribution is 2.39. The Kier molecular flexibility index (Phi) is 10.2. The van der Waals surface area contributed by atoms with Crippen LogP contribution in [-0.4, -0.2) is 69.5 Å². The van der Waals surface area contributed by atoms with E-state index in [9.17, 15) is 19.8 Å². The van der Waals surface area contributed by atoms with Crippen LogP contribution in [0.2, 0.25) is 0 Å². The second-order valence-corrected chi connectivity index (χ2v) is 13.6. The molecule has 0 radical (unpaired) electrons. The van der Waals surface area contributed by atoms with Crippen LogP contribution < -0.4 is 10.6 Å². The summed E-state index contributed by atoms with van der Waals surface area (Å²) in [5, 5.41) is 28.0. The van der Waals surface area contributed by atoms with Crippen LogP contribution in [0.5, 0.6) is 5.75 Å². The number of likely N-dealkylation sites (tertiary alicyclic amines) is 1. The maximum Gasteiger partial charge on any atom is 0.252 e. The molecule has 2 fully saturated rings. The predicted molar refractivity (Wildman–Crippen MR) is 161 cm³/mol. The number of carbonyl (C=O) groups is 2. The molecule has 1 aliphatic carbocycles. The normalized spacial score (nSPS) is 23.1. The van der Waals surface area contributed by atoms with Gasteiger partial charge in [-0.05, 0) is 76.6 Å². The van der Waals surface area contributed by atoms with E-state index in [1.807, 2.05) is 51.1 Å². The summed E-state index contributed by atoms with van der Waals surface area (Å²) in [7, 11) is 0. The third-order valence-corrected chi connectivity index (χ3v) is 9.36. The topological polar surface area (TPSA) is 102 Å². The maximum absolute atomic E-state index is 13.5. The van der Waals surface area contributed by atoms with Gasteiger partial charge in [0.25, 0.3) is 5.91 Å². The van der Waals surface area contributed by atoms with Crippen molar-refractivity contribution in [3.05, 3.63) is 59.7 Å². The number of hydrogen-bond acceptors (Lipinski definition) is 6. The number of nitrogens with zero attached hydrogens (tertiary/aromatic N) is 1. The van der Waals surface area contributed by atoms with E-state index in [2.05, 4.69) is 15.5 Å². The number of β-amino-alcohol motifs (C(OH)–C–C–N with tert-alkyl or cyclic N) is 1. The number of nitrogens with one attached hydrogen (secondary N) is 2. The first-order chi connectivity index (χ1) is 19.0. The summed E-state index contributed by atoms with van der Waals surface area (Å²) in [6.07, 6.45) is 4.67. The SMILES string of the molecule is Cc1c(O)cccc1C(=O)N[C@H](CSc1ccccc1)[C@@H](O)CN1CC2CCCCC2C[C@H]1C(=O)NC(C)(C)C. The van der Waals surface area contributed by atoms with Crippen LogP contribution in [0.15, 0.2) is 53.4 Å². The predicted octanol–water partition coefficient (Wildman–Crippen LogP) is 4.75. The van der Waals surface area contributed by atoms with Crippen molar-refractivity contribution >= 4 is 23.6 Å². The van der Waals surface area contributed by atoms with Crippen molar-refractivity contribution in [2.24, 2.45) is 11.8 Å². The van der Waals surface area contributed by atoms with Gasteiger partial charge in [-0.25, -0.2) is 0 Å². The lowest BCUT2D eigenvalue weighted by Crippen LogP contribution is -2.60. The molecule has 2 aromatic rings. The van der Waals surface area contributed by atoms with Crippen LogP contribution in [0.25, 0.3) is 0 Å². The molecule has 2 aromatic carbocycles. The summed E-state index contributed by atoms with van der Waals surface area (Å²) < 4.78 is 0. The van der Waals surface area contributed by atoms with E-state index >= 15 is 0 Å². The van der Waals surface area contributed by atoms with E-state index in [1.54, 1.807) is 36.9 Å². The van der Waals surface area contributed by atoms with Crippen molar-refractivity contribution in [2.45, 2.75) is 88.4 Å². The van der Waals surface area contributed by atoms with Gasteiger partial charge in [0, 0.05) is 40.4 Å². The molecular formula is C32H45N3O4S. The van der Waals surface area contributed by atoms with Crippen molar-refractivity contribution in [1.82, 2.24) is 15.5 Å². The smallest absolute Gasteiger partial charge is 0.252 e. The number of aliphatic hydroxyl groups is 1. The lowest BCUT2D eigenvalue weighted by atomic mass is 9.72. The number of amides is 2. The fraction of sp³-hybridized carbons (Fsp3) is 0.562. The number of phenols is 1. The van der Waals surface area contributed by atoms with E-state index in [-0.39, 0.29) is 29.1 Å². The Morgan fingerprint density at radius 3 is 2.45 bits per heavy atom. The molecule has 1 saturated heterocycles. The number of thioether (sulfide) groups is 1. The fourth-order valence-corrected chi connectivity index (χ4v) is 7.09. The first-order valence-electron chi connectivity index (χ1n) is 14.5. The molecule has 2 unspecified atom stereocenters. The summed E-state index contributed by atoms with van der Waals surface area (Å²) in [6.45, 7) is 8.76. The molecular weight excluding hydrogens is 522 g/mol. The Morgan fingerprint density at radius 1 is 1.05 bits per heavy atom. The van der Waals surface area contributed by atoms with Gasteiger partial charge in [0.05, 0.1) is 18.2 Å². The first-order valence-corrected chi connectivity index (χ1v) is 15.5. The highest BCUT2D eigenvalue weighted by Gasteiger charge is 2.41. The van der Waals surface area contributed by atoms with E-state index in [1.165, 1.54) is 12.8 Å². The van der Waals surface area contributed by atoms with Crippen LogP contribution in [0.1, 0.15) is 68.8 Å². The van der Waals surface area contributed by atoms with Gasteiger partial charge in [-0.3, -0.25) is 14.5 Å². The molecule has 1 heterocycles. The second-order valence-electron chi connectivity index (χ2n) is 12.5. The van der Waals surface area contributed by atoms with E-state index in [4.69, 9.17) is 0 Å². The second kappa shape index (κ2) is 13.4. The third-order valence-electron chi connectivity index (χ3n) is 8.23. The Hall–Kier alpha value is -2.55. The average molecular weight is 568 g/mol. The quantitative estimate of drug-likeness (QED) is 0.327. The molecule has 4 rings (SSSR count). The van der Waals surface area contributed by atoms with Crippen molar-refractivity contribution < 1.29 is 19.8 Å². The number of hydrogen-bond donors (Lipinski definition) is 4. The van der Waals surface area contributed by atoms with Crippen LogP contribution >= 0.6 is 11.8 Å². The molecule has 0 aromatic heterocycles. The fourth-order valence-electron chi connectivity index (χ4n) is 6.06. The lowest BCUT2D eigenvalue weighted by Gasteiger charge is -2.47. The standard InChI is InChI=1S/C32H45N3O4S/c1-21-25(15-10-16-28(21)36)30(38)33-26(20-40-24-13-6-5-7-14-24)29(37)19-35-18-23-12-9-8-11-22(23)17-27(35)31(39)34-32(2,3)4/h5-7,10,13-16,22-23,26-27,29,36-37H,8-9,11-12,17-20H2,1-4H3,(H,33,38)(H,34,39)/t22?,23?,26-,27+,29+/m1/s1. The number of carbonyl (C=O) groups excluding carboxylic acids is 2. The van der Waals surface area contributed by atoms with Gasteiger partial charge in [-0.1, -0.05) is 43.5 Å². The minimum atomic E-state index is -0.886. The molecule has 1 saturated carbocycles. The number of phenolic OH excluding ortho intramolecular Hbond substituents is 1. The summed E-state index contributed by atoms with van der Waals surface area (Å²) >= 11 is 1.57. The molecule has 40 heavy (non-hydrogen) atoms. The van der Waals surface area contributed by atoms with E-state index in [0.29, 0.717) is 35.3 Å². The first kappa shape index (κ1) is 30.4. The average Bonchev–Trinajstić information content (AvgIpc) is 2.91. The Bertz CT molecular complexity index is 1150. The highest BCUT2D eigenvalue weighted by atomic mass is 32.2. The molecule has 0 bridgehead atoms. The third kappa shape index (κ3) is 8.02. The molecule has 4 N–H and O–H groups in total. The van der Waals surface area contributed by atoms with Gasteiger partial charge in [-0.2, -0.15) is 0 Å². The molecule has 1 aliphatic heterocycles. The number of piperidine rings is 1. The summed E-state index contributed by atoms with van der Waals surface area (Å²) in [5.41, 5.74) is 0.543. The summed E-state index contributed by atoms with van der Waals surface area (Å²) in [4.78, 5) is 30.0. The van der Waals surface area contributed by atoms with Crippen LogP contribution in [-0.2, 0) is 4.79 Å². The Labute approximate surface area is 243 Å². The Morgan fingerprint density at radius 2 is 1.75 bits per heavy atom. The zero-order valence-corrected chi connectivity index (χ0v) is 25.0. The zero-order valence-electron chi connectivity index (χ0n) is 24.2. The minimum absolute atomic E-state index is 0.0124. The van der Waals surface area contributed by atoms with E-state index < -0.39 is 12.1 Å². The van der Waals surface area contributed by atoms with Gasteiger partial charge in [0.1, 0.15) is 5.75 Å². The van der Waals surface area contributed by atoms with Gasteiger partial charge in [0.15, 0.2) is 0 Å². The van der Waals surface area contributed by atoms with Gasteiger partial charge >= 0.3 is 0 Å². The molecule has 218 valence electrons. The van der Waals surface area contributed by atoms with Gasteiger partial charge < -0.3 is 20.8 Å². The van der Waals surface area contributed by atoms with Gasteiger partial charge in [0.2, 0.25) is 5.91 Å². The molecule has 2 aliphatic rings. The van der Waals surface area contributed by atoms with Crippen molar-refractivity contribution in [3.8, 4) is 5.75 Å². The molecule has 7 nitrogen and oxygen atoms in total. The number of rotatable bonds is 9. The van der Waals surface area contributed by atoms with Crippen LogP contribution in [0, 0.1) is 18.8 Å². The summed E-state index contributed by atoms with van der Waals surface area (Å²) in [6, 6.07) is 13.9. The molecule has 5 atom stereocenters. The lowest BCUT2D eigenvalue weighted by molar-refractivity contribution is -0.132.